The molecule has 2 atom stereocenters. The van der Waals surface area contributed by atoms with Crippen LogP contribution in [0.15, 0.2) is 12.2 Å². The lowest BCUT2D eigenvalue weighted by molar-refractivity contribution is -0.210. The fourth-order valence-electron chi connectivity index (χ4n) is 6.89. The van der Waals surface area contributed by atoms with Crippen LogP contribution >= 0.6 is 0 Å². The molecule has 4 bridgehead atoms. The Balaban J connectivity index is 1.38. The van der Waals surface area contributed by atoms with Crippen LogP contribution < -0.4 is 0 Å². The van der Waals surface area contributed by atoms with Gasteiger partial charge in [-0.05, 0) is 76.0 Å². The minimum atomic E-state index is -0.763. The van der Waals surface area contributed by atoms with E-state index in [1.54, 1.807) is 0 Å². The average molecular weight is 405 g/mol. The number of carbonyl (C=O) groups is 3. The lowest BCUT2D eigenvalue weighted by Gasteiger charge is -2.59. The van der Waals surface area contributed by atoms with Crippen LogP contribution in [0.5, 0.6) is 0 Å². The summed E-state index contributed by atoms with van der Waals surface area (Å²) in [6, 6.07) is 0. The predicted molar refractivity (Wildman–Crippen MR) is 105 cm³/mol. The van der Waals surface area contributed by atoms with Gasteiger partial charge in [0.25, 0.3) is 0 Å². The molecule has 0 aromatic heterocycles. The van der Waals surface area contributed by atoms with Crippen molar-refractivity contribution in [3.05, 3.63) is 12.2 Å². The highest BCUT2D eigenvalue weighted by atomic mass is 16.6. The molecule has 0 amide bonds. The van der Waals surface area contributed by atoms with Crippen molar-refractivity contribution in [2.45, 2.75) is 95.2 Å². The second-order valence-corrected chi connectivity index (χ2v) is 10.1. The van der Waals surface area contributed by atoms with E-state index in [-0.39, 0.29) is 12.0 Å². The van der Waals surface area contributed by atoms with Gasteiger partial charge < -0.3 is 14.6 Å². The largest absolute Gasteiger partial charge is 0.481 e. The summed E-state index contributed by atoms with van der Waals surface area (Å²) in [5, 5.41) is 9.81. The van der Waals surface area contributed by atoms with Gasteiger partial charge in [0.05, 0.1) is 11.8 Å². The molecule has 0 saturated heterocycles. The third-order valence-electron chi connectivity index (χ3n) is 7.91. The number of esters is 2. The maximum atomic E-state index is 12.7. The second-order valence-electron chi connectivity index (χ2n) is 10.1. The van der Waals surface area contributed by atoms with E-state index in [2.05, 4.69) is 6.58 Å². The van der Waals surface area contributed by atoms with Crippen LogP contribution in [0.3, 0.4) is 0 Å². The Morgan fingerprint density at radius 3 is 2.21 bits per heavy atom. The molecule has 1 N–H and O–H groups in total. The van der Waals surface area contributed by atoms with Crippen molar-refractivity contribution in [1.29, 1.82) is 0 Å². The van der Waals surface area contributed by atoms with Crippen molar-refractivity contribution in [2.75, 3.05) is 0 Å². The maximum absolute atomic E-state index is 12.7. The topological polar surface area (TPSA) is 89.9 Å². The zero-order valence-corrected chi connectivity index (χ0v) is 17.3. The first kappa shape index (κ1) is 20.4. The highest BCUT2D eigenvalue weighted by molar-refractivity contribution is 5.93. The zero-order chi connectivity index (χ0) is 20.9. The first-order valence-corrected chi connectivity index (χ1v) is 11.1. The number of carbonyl (C=O) groups excluding carboxylic acids is 2. The van der Waals surface area contributed by atoms with Crippen LogP contribution in [0.2, 0.25) is 0 Å². The molecule has 0 heterocycles. The molecule has 0 spiro atoms. The van der Waals surface area contributed by atoms with Gasteiger partial charge in [0.15, 0.2) is 0 Å². The van der Waals surface area contributed by atoms with Gasteiger partial charge in [-0.2, -0.15) is 0 Å². The van der Waals surface area contributed by atoms with E-state index in [0.717, 1.165) is 51.4 Å². The molecular formula is C23H32O6. The van der Waals surface area contributed by atoms with Gasteiger partial charge in [-0.25, -0.2) is 4.79 Å². The fourth-order valence-corrected chi connectivity index (χ4v) is 6.89. The van der Waals surface area contributed by atoms with Crippen LogP contribution in [-0.4, -0.2) is 34.2 Å². The van der Waals surface area contributed by atoms with Gasteiger partial charge >= 0.3 is 17.9 Å². The summed E-state index contributed by atoms with van der Waals surface area (Å²) in [4.78, 5) is 37.1. The molecular weight excluding hydrogens is 372 g/mol. The van der Waals surface area contributed by atoms with Crippen LogP contribution in [0.1, 0.15) is 84.0 Å². The SMILES string of the molecule is C=C(CC(=O)OC12CC3CC(C1)CC(C(=O)O)(C3)C2)C(=O)OC1(CC)CCCC1. The van der Waals surface area contributed by atoms with Crippen LogP contribution in [0.4, 0.5) is 0 Å². The normalized spacial score (nSPS) is 36.6. The standard InChI is InChI=1S/C23H32O6/c1-3-22(6-4-5-7-22)29-19(25)15(2)8-18(24)28-23-12-16-9-17(13-23)11-21(10-16,14-23)20(26)27/h16-17H,2-14H2,1H3,(H,26,27). The zero-order valence-electron chi connectivity index (χ0n) is 17.3. The Kier molecular flexibility index (Phi) is 5.02. The van der Waals surface area contributed by atoms with Crippen LogP contribution in [-0.2, 0) is 23.9 Å². The van der Waals surface area contributed by atoms with Crippen molar-refractivity contribution < 1.29 is 29.0 Å². The van der Waals surface area contributed by atoms with E-state index in [0.29, 0.717) is 31.1 Å². The molecule has 0 radical (unpaired) electrons. The Morgan fingerprint density at radius 1 is 1.03 bits per heavy atom. The van der Waals surface area contributed by atoms with E-state index in [1.807, 2.05) is 6.92 Å². The molecule has 6 nitrogen and oxygen atoms in total. The number of rotatable bonds is 7. The van der Waals surface area contributed by atoms with Gasteiger partial charge in [-0.3, -0.25) is 9.59 Å². The molecule has 29 heavy (non-hydrogen) atoms. The number of carboxylic acid groups (broad SMARTS) is 1. The number of ether oxygens (including phenoxy) is 2. The van der Waals surface area contributed by atoms with Gasteiger partial charge in [-0.15, -0.1) is 0 Å². The van der Waals surface area contributed by atoms with Gasteiger partial charge in [-0.1, -0.05) is 13.5 Å². The summed E-state index contributed by atoms with van der Waals surface area (Å²) in [6.45, 7) is 5.78. The molecule has 5 saturated carbocycles. The number of hydrogen-bond donors (Lipinski definition) is 1. The molecule has 0 aromatic carbocycles. The number of carboxylic acids is 1. The minimum absolute atomic E-state index is 0.118. The fraction of sp³-hybridized carbons (Fsp3) is 0.783. The van der Waals surface area contributed by atoms with Gasteiger partial charge in [0.2, 0.25) is 0 Å². The molecule has 0 aromatic rings. The smallest absolute Gasteiger partial charge is 0.334 e. The van der Waals surface area contributed by atoms with E-state index in [1.165, 1.54) is 0 Å². The van der Waals surface area contributed by atoms with E-state index in [4.69, 9.17) is 9.47 Å². The predicted octanol–water partition coefficient (Wildman–Crippen LogP) is 4.17. The lowest BCUT2D eigenvalue weighted by Crippen LogP contribution is -2.59. The first-order valence-electron chi connectivity index (χ1n) is 11.1. The van der Waals surface area contributed by atoms with Crippen LogP contribution in [0.25, 0.3) is 0 Å². The number of aliphatic carboxylic acids is 1. The molecule has 5 fully saturated rings. The molecule has 5 rings (SSSR count). The highest BCUT2D eigenvalue weighted by Crippen LogP contribution is 2.63. The van der Waals surface area contributed by atoms with E-state index >= 15 is 0 Å². The molecule has 5 aliphatic carbocycles. The molecule has 0 aliphatic heterocycles. The molecule has 2 unspecified atom stereocenters. The van der Waals surface area contributed by atoms with E-state index in [9.17, 15) is 19.5 Å². The molecule has 160 valence electrons. The van der Waals surface area contributed by atoms with Crippen molar-refractivity contribution in [3.8, 4) is 0 Å². The highest BCUT2D eigenvalue weighted by Gasteiger charge is 2.62. The Bertz CT molecular complexity index is 718. The monoisotopic (exact) mass is 404 g/mol. The van der Waals surface area contributed by atoms with E-state index < -0.39 is 34.5 Å². The first-order chi connectivity index (χ1) is 13.7. The minimum Gasteiger partial charge on any atom is -0.481 e. The summed E-state index contributed by atoms with van der Waals surface area (Å²) in [7, 11) is 0. The third kappa shape index (κ3) is 3.71. The quantitative estimate of drug-likeness (QED) is 0.506. The third-order valence-corrected chi connectivity index (χ3v) is 7.91. The summed E-state index contributed by atoms with van der Waals surface area (Å²) < 4.78 is 11.6. The Labute approximate surface area is 172 Å². The average Bonchev–Trinajstić information content (AvgIpc) is 3.08. The molecule has 6 heteroatoms. The summed E-state index contributed by atoms with van der Waals surface area (Å²) in [6.07, 6.45) is 8.66. The lowest BCUT2D eigenvalue weighted by atomic mass is 9.48. The van der Waals surface area contributed by atoms with Gasteiger partial charge in [0.1, 0.15) is 11.2 Å². The summed E-state index contributed by atoms with van der Waals surface area (Å²) in [5.74, 6) is -1.16. The Hall–Kier alpha value is -1.85. The maximum Gasteiger partial charge on any atom is 0.334 e. The summed E-state index contributed by atoms with van der Waals surface area (Å²) in [5.41, 5.74) is -1.75. The second kappa shape index (κ2) is 7.13. The number of hydrogen-bond acceptors (Lipinski definition) is 5. The van der Waals surface area contributed by atoms with Gasteiger partial charge in [0, 0.05) is 12.0 Å². The summed E-state index contributed by atoms with van der Waals surface area (Å²) >= 11 is 0. The van der Waals surface area contributed by atoms with Crippen LogP contribution in [0, 0.1) is 17.3 Å². The van der Waals surface area contributed by atoms with Crippen molar-refractivity contribution in [2.24, 2.45) is 17.3 Å². The van der Waals surface area contributed by atoms with Crippen molar-refractivity contribution in [3.63, 3.8) is 0 Å². The Morgan fingerprint density at radius 2 is 1.66 bits per heavy atom. The van der Waals surface area contributed by atoms with Crippen molar-refractivity contribution >= 4 is 17.9 Å². The molecule has 5 aliphatic rings. The van der Waals surface area contributed by atoms with Crippen molar-refractivity contribution in [1.82, 2.24) is 0 Å².